The van der Waals surface area contributed by atoms with Gasteiger partial charge < -0.3 is 29.6 Å². The normalized spacial score (nSPS) is 14.8. The zero-order valence-corrected chi connectivity index (χ0v) is 25.1. The van der Waals surface area contributed by atoms with Gasteiger partial charge in [0.2, 0.25) is 0 Å². The lowest BCUT2D eigenvalue weighted by Gasteiger charge is -2.28. The minimum atomic E-state index is -0.789. The number of nitrogens with one attached hydrogen (secondary N) is 3. The predicted molar refractivity (Wildman–Crippen MR) is 151 cm³/mol. The maximum absolute atomic E-state index is 12.6. The number of carbonyl (C=O) groups excluding carboxylic acids is 4. The maximum Gasteiger partial charge on any atom is 0.338 e. The molecule has 14 heteroatoms. The lowest BCUT2D eigenvalue weighted by atomic mass is 9.95. The number of nitrogens with zero attached hydrogens (tertiary/aromatic N) is 1. The highest BCUT2D eigenvalue weighted by molar-refractivity contribution is 9.11. The summed E-state index contributed by atoms with van der Waals surface area (Å²) in [7, 11) is 1.42. The van der Waals surface area contributed by atoms with E-state index in [1.165, 1.54) is 20.2 Å². The lowest BCUT2D eigenvalue weighted by molar-refractivity contribution is -0.139. The average Bonchev–Trinajstić information content (AvgIpc) is 2.88. The van der Waals surface area contributed by atoms with E-state index in [0.717, 1.165) is 0 Å². The number of amides is 3. The first-order chi connectivity index (χ1) is 19.0. The molecule has 1 aliphatic rings. The fraction of sp³-hybridized carbons (Fsp3) is 0.269. The molecule has 0 aromatic heterocycles. The van der Waals surface area contributed by atoms with E-state index in [4.69, 9.17) is 18.9 Å². The Bertz CT molecular complexity index is 1390. The van der Waals surface area contributed by atoms with Crippen LogP contribution in [0.15, 0.2) is 55.6 Å². The van der Waals surface area contributed by atoms with Crippen molar-refractivity contribution in [3.05, 3.63) is 61.7 Å². The van der Waals surface area contributed by atoms with Crippen LogP contribution in [0.3, 0.4) is 0 Å². The van der Waals surface area contributed by atoms with Crippen LogP contribution in [0.4, 0.5) is 4.79 Å². The predicted octanol–water partition coefficient (Wildman–Crippen LogP) is 3.87. The van der Waals surface area contributed by atoms with Crippen LogP contribution in [0.25, 0.3) is 0 Å². The molecular weight excluding hydrogens is 656 g/mol. The first-order valence-corrected chi connectivity index (χ1v) is 13.4. The number of carbonyl (C=O) groups is 4. The van der Waals surface area contributed by atoms with Crippen LogP contribution in [0, 0.1) is 0 Å². The largest absolute Gasteiger partial charge is 0.493 e. The van der Waals surface area contributed by atoms with E-state index < -0.39 is 36.5 Å². The van der Waals surface area contributed by atoms with Crippen LogP contribution in [-0.2, 0) is 19.1 Å². The summed E-state index contributed by atoms with van der Waals surface area (Å²) in [5.41, 5.74) is 3.95. The second-order valence-electron chi connectivity index (χ2n) is 8.18. The highest BCUT2D eigenvalue weighted by Crippen LogP contribution is 2.35. The molecule has 2 aromatic rings. The molecule has 3 N–H and O–H groups in total. The third-order valence-corrected chi connectivity index (χ3v) is 6.37. The minimum absolute atomic E-state index is 0.173. The number of benzene rings is 2. The van der Waals surface area contributed by atoms with Gasteiger partial charge >= 0.3 is 18.0 Å². The van der Waals surface area contributed by atoms with Crippen LogP contribution in [0.2, 0.25) is 0 Å². The molecule has 3 rings (SSSR count). The van der Waals surface area contributed by atoms with Crippen molar-refractivity contribution in [3.8, 4) is 17.2 Å². The minimum Gasteiger partial charge on any atom is -0.493 e. The summed E-state index contributed by atoms with van der Waals surface area (Å²) in [6, 6.07) is 6.89. The summed E-state index contributed by atoms with van der Waals surface area (Å²) in [6.45, 7) is 4.35. The van der Waals surface area contributed by atoms with Crippen molar-refractivity contribution in [1.29, 1.82) is 0 Å². The second kappa shape index (κ2) is 13.9. The van der Waals surface area contributed by atoms with Gasteiger partial charge in [-0.3, -0.25) is 9.59 Å². The third kappa shape index (κ3) is 7.82. The van der Waals surface area contributed by atoms with E-state index in [2.05, 4.69) is 53.0 Å². The molecule has 1 atom stereocenters. The van der Waals surface area contributed by atoms with Gasteiger partial charge in [-0.25, -0.2) is 15.0 Å². The number of hydrogen-bond acceptors (Lipinski definition) is 9. The smallest absolute Gasteiger partial charge is 0.338 e. The Kier molecular flexibility index (Phi) is 10.7. The fourth-order valence-corrected chi connectivity index (χ4v) is 5.02. The molecule has 1 aliphatic heterocycles. The standard InChI is InChI=1S/C26H26Br2N4O8/c1-5-38-25(35)22-13(2)30-26(36)31-23(22)15-6-7-19(20(9-15)37-4)39-12-21(34)32-29-11-16-8-17(27)10-18(28)24(16)40-14(3)33/h6-11,23H,5,12H2,1-4H3,(H,32,34)(H2,30,31,36)/b29-11+/t23-/m0/s1. The van der Waals surface area contributed by atoms with Crippen molar-refractivity contribution in [2.45, 2.75) is 26.8 Å². The van der Waals surface area contributed by atoms with Crippen molar-refractivity contribution in [2.75, 3.05) is 20.3 Å². The summed E-state index contributed by atoms with van der Waals surface area (Å²) < 4.78 is 22.6. The quantitative estimate of drug-likeness (QED) is 0.148. The van der Waals surface area contributed by atoms with E-state index in [0.29, 0.717) is 25.8 Å². The summed E-state index contributed by atoms with van der Waals surface area (Å²) in [5.74, 6) is -0.884. The first-order valence-electron chi connectivity index (χ1n) is 11.8. The molecule has 0 aliphatic carbocycles. The van der Waals surface area contributed by atoms with E-state index >= 15 is 0 Å². The zero-order chi connectivity index (χ0) is 29.4. The Balaban J connectivity index is 1.71. The topological polar surface area (TPSA) is 154 Å². The highest BCUT2D eigenvalue weighted by atomic mass is 79.9. The number of halogens is 2. The number of ether oxygens (including phenoxy) is 4. The number of rotatable bonds is 10. The van der Waals surface area contributed by atoms with Crippen LogP contribution >= 0.6 is 31.9 Å². The van der Waals surface area contributed by atoms with Crippen LogP contribution in [0.1, 0.15) is 37.9 Å². The van der Waals surface area contributed by atoms with Gasteiger partial charge in [-0.1, -0.05) is 22.0 Å². The van der Waals surface area contributed by atoms with E-state index in [1.807, 2.05) is 0 Å². The SMILES string of the molecule is CCOC(=O)C1=C(C)NC(=O)N[C@H]1c1ccc(OCC(=O)N/N=C/c2cc(Br)cc(Br)c2OC(C)=O)c(OC)c1. The number of hydrogen-bond donors (Lipinski definition) is 3. The van der Waals surface area contributed by atoms with E-state index in [-0.39, 0.29) is 29.4 Å². The summed E-state index contributed by atoms with van der Waals surface area (Å²) in [4.78, 5) is 48.5. The lowest BCUT2D eigenvalue weighted by Crippen LogP contribution is -2.45. The van der Waals surface area contributed by atoms with Crippen molar-refractivity contribution >= 4 is 62.0 Å². The fourth-order valence-electron chi connectivity index (χ4n) is 3.68. The van der Waals surface area contributed by atoms with Gasteiger partial charge in [0.05, 0.1) is 36.0 Å². The molecule has 0 bridgehead atoms. The van der Waals surface area contributed by atoms with Crippen molar-refractivity contribution in [3.63, 3.8) is 0 Å². The summed E-state index contributed by atoms with van der Waals surface area (Å²) in [6.07, 6.45) is 1.32. The summed E-state index contributed by atoms with van der Waals surface area (Å²) in [5, 5.41) is 9.20. The van der Waals surface area contributed by atoms with Crippen LogP contribution in [0.5, 0.6) is 17.2 Å². The molecule has 0 saturated carbocycles. The van der Waals surface area contributed by atoms with Gasteiger partial charge in [0.15, 0.2) is 23.9 Å². The van der Waals surface area contributed by atoms with Crippen molar-refractivity contribution in [2.24, 2.45) is 5.10 Å². The van der Waals surface area contributed by atoms with Gasteiger partial charge in [0, 0.05) is 22.7 Å². The molecule has 40 heavy (non-hydrogen) atoms. The summed E-state index contributed by atoms with van der Waals surface area (Å²) >= 11 is 6.68. The highest BCUT2D eigenvalue weighted by Gasteiger charge is 2.32. The molecule has 212 valence electrons. The molecule has 0 unspecified atom stereocenters. The molecular formula is C26H26Br2N4O8. The van der Waals surface area contributed by atoms with Gasteiger partial charge in [0.1, 0.15) is 0 Å². The Morgan fingerprint density at radius 3 is 2.58 bits per heavy atom. The number of urea groups is 1. The van der Waals surface area contributed by atoms with Gasteiger partial charge in [-0.15, -0.1) is 0 Å². The van der Waals surface area contributed by atoms with Gasteiger partial charge in [-0.05, 0) is 59.6 Å². The number of allylic oxidation sites excluding steroid dienone is 1. The van der Waals surface area contributed by atoms with Crippen LogP contribution < -0.4 is 30.3 Å². The first kappa shape index (κ1) is 30.6. The molecule has 0 fully saturated rings. The maximum atomic E-state index is 12.6. The van der Waals surface area contributed by atoms with Gasteiger partial charge in [0.25, 0.3) is 5.91 Å². The number of esters is 2. The molecule has 1 heterocycles. The molecule has 3 amide bonds. The average molecular weight is 682 g/mol. The Hall–Kier alpha value is -3.91. The Morgan fingerprint density at radius 2 is 1.90 bits per heavy atom. The molecule has 0 radical (unpaired) electrons. The Morgan fingerprint density at radius 1 is 1.15 bits per heavy atom. The number of methoxy groups -OCH3 is 1. The second-order valence-corrected chi connectivity index (χ2v) is 9.95. The molecule has 2 aromatic carbocycles. The monoisotopic (exact) mass is 680 g/mol. The van der Waals surface area contributed by atoms with Crippen molar-refractivity contribution < 1.29 is 38.1 Å². The van der Waals surface area contributed by atoms with Crippen molar-refractivity contribution in [1.82, 2.24) is 16.1 Å². The Labute approximate surface area is 246 Å². The van der Waals surface area contributed by atoms with E-state index in [1.54, 1.807) is 44.2 Å². The van der Waals surface area contributed by atoms with Crippen LogP contribution in [-0.4, -0.2) is 50.4 Å². The zero-order valence-electron chi connectivity index (χ0n) is 21.9. The number of hydrazone groups is 1. The van der Waals surface area contributed by atoms with Gasteiger partial charge in [-0.2, -0.15) is 5.10 Å². The molecule has 0 saturated heterocycles. The van der Waals surface area contributed by atoms with E-state index in [9.17, 15) is 19.2 Å². The third-order valence-electron chi connectivity index (χ3n) is 5.32. The molecule has 0 spiro atoms. The molecule has 12 nitrogen and oxygen atoms in total.